The Morgan fingerprint density at radius 1 is 1.15 bits per heavy atom. The first-order valence-electron chi connectivity index (χ1n) is 7.90. The Hall–Kier alpha value is -1.02. The minimum Gasteiger partial charge on any atom is -0.491 e. The van der Waals surface area contributed by atoms with E-state index in [0.717, 1.165) is 30.6 Å². The van der Waals surface area contributed by atoms with Crippen molar-refractivity contribution in [3.8, 4) is 5.75 Å². The maximum Gasteiger partial charge on any atom is 0.119 e. The third kappa shape index (κ3) is 3.54. The molecule has 0 radical (unpaired) electrons. The van der Waals surface area contributed by atoms with Crippen LogP contribution in [-0.4, -0.2) is 11.2 Å². The maximum absolute atomic E-state index is 11.0. The summed E-state index contributed by atoms with van der Waals surface area (Å²) in [7, 11) is 0. The van der Waals surface area contributed by atoms with Crippen LogP contribution in [0.1, 0.15) is 58.9 Å². The molecule has 0 aromatic heterocycles. The van der Waals surface area contributed by atoms with E-state index in [1.807, 2.05) is 38.1 Å². The van der Waals surface area contributed by atoms with Gasteiger partial charge in [0.05, 0.1) is 11.7 Å². The average molecular weight is 276 g/mol. The van der Waals surface area contributed by atoms with Gasteiger partial charge in [0.1, 0.15) is 5.75 Å². The number of hydrogen-bond donors (Lipinski definition) is 1. The second-order valence-corrected chi connectivity index (χ2v) is 6.82. The van der Waals surface area contributed by atoms with E-state index in [9.17, 15) is 5.11 Å². The summed E-state index contributed by atoms with van der Waals surface area (Å²) in [5, 5.41) is 11.0. The van der Waals surface area contributed by atoms with Crippen LogP contribution in [0.15, 0.2) is 24.3 Å². The Morgan fingerprint density at radius 3 is 2.35 bits per heavy atom. The predicted octanol–water partition coefficient (Wildman–Crippen LogP) is 4.51. The van der Waals surface area contributed by atoms with Gasteiger partial charge in [0, 0.05) is 0 Å². The normalized spacial score (nSPS) is 27.1. The standard InChI is InChI=1S/C18H28O2/c1-13(2)15-6-5-11-18(19,12-15)16-7-9-17(10-8-16)20-14(3)4/h7-10,13-15,19H,5-6,11-12H2,1-4H3. The minimum atomic E-state index is -0.649. The van der Waals surface area contributed by atoms with E-state index in [1.165, 1.54) is 6.42 Å². The van der Waals surface area contributed by atoms with Crippen LogP contribution >= 0.6 is 0 Å². The molecule has 1 fully saturated rings. The molecular formula is C18H28O2. The lowest BCUT2D eigenvalue weighted by Crippen LogP contribution is -2.34. The summed E-state index contributed by atoms with van der Waals surface area (Å²) in [5.41, 5.74) is 0.391. The number of aliphatic hydroxyl groups is 1. The maximum atomic E-state index is 11.0. The second-order valence-electron chi connectivity index (χ2n) is 6.82. The van der Waals surface area contributed by atoms with E-state index < -0.39 is 5.60 Å². The topological polar surface area (TPSA) is 29.5 Å². The quantitative estimate of drug-likeness (QED) is 0.877. The largest absolute Gasteiger partial charge is 0.491 e. The van der Waals surface area contributed by atoms with E-state index in [0.29, 0.717) is 11.8 Å². The first-order valence-corrected chi connectivity index (χ1v) is 7.90. The van der Waals surface area contributed by atoms with Gasteiger partial charge in [-0.25, -0.2) is 0 Å². The minimum absolute atomic E-state index is 0.184. The van der Waals surface area contributed by atoms with E-state index in [2.05, 4.69) is 13.8 Å². The summed E-state index contributed by atoms with van der Waals surface area (Å²) in [6.07, 6.45) is 4.30. The van der Waals surface area contributed by atoms with Crippen LogP contribution in [0.4, 0.5) is 0 Å². The van der Waals surface area contributed by atoms with Crippen molar-refractivity contribution in [2.24, 2.45) is 11.8 Å². The van der Waals surface area contributed by atoms with E-state index in [1.54, 1.807) is 0 Å². The summed E-state index contributed by atoms with van der Waals surface area (Å²) < 4.78 is 5.67. The van der Waals surface area contributed by atoms with Gasteiger partial charge in [0.15, 0.2) is 0 Å². The van der Waals surface area contributed by atoms with Gasteiger partial charge in [-0.05, 0) is 69.1 Å². The molecule has 112 valence electrons. The van der Waals surface area contributed by atoms with Crippen molar-refractivity contribution in [1.29, 1.82) is 0 Å². The van der Waals surface area contributed by atoms with Crippen LogP contribution in [0.5, 0.6) is 5.75 Å². The molecule has 20 heavy (non-hydrogen) atoms. The Balaban J connectivity index is 2.13. The molecule has 2 heteroatoms. The lowest BCUT2D eigenvalue weighted by molar-refractivity contribution is -0.0295. The molecule has 1 aromatic rings. The smallest absolute Gasteiger partial charge is 0.119 e. The lowest BCUT2D eigenvalue weighted by atomic mass is 9.71. The zero-order valence-corrected chi connectivity index (χ0v) is 13.2. The molecule has 1 aromatic carbocycles. The van der Waals surface area contributed by atoms with Gasteiger partial charge in [-0.2, -0.15) is 0 Å². The summed E-state index contributed by atoms with van der Waals surface area (Å²) in [4.78, 5) is 0. The number of benzene rings is 1. The highest BCUT2D eigenvalue weighted by molar-refractivity contribution is 5.31. The van der Waals surface area contributed by atoms with Crippen LogP contribution in [0.2, 0.25) is 0 Å². The van der Waals surface area contributed by atoms with Crippen LogP contribution in [0.25, 0.3) is 0 Å². The zero-order valence-electron chi connectivity index (χ0n) is 13.2. The van der Waals surface area contributed by atoms with Crippen molar-refractivity contribution < 1.29 is 9.84 Å². The first kappa shape index (κ1) is 15.4. The van der Waals surface area contributed by atoms with Crippen LogP contribution in [0, 0.1) is 11.8 Å². The molecular weight excluding hydrogens is 248 g/mol. The van der Waals surface area contributed by atoms with E-state index >= 15 is 0 Å². The Bertz CT molecular complexity index is 422. The average Bonchev–Trinajstić information content (AvgIpc) is 2.38. The molecule has 2 atom stereocenters. The van der Waals surface area contributed by atoms with Crippen LogP contribution in [0.3, 0.4) is 0 Å². The number of rotatable bonds is 4. The highest BCUT2D eigenvalue weighted by Crippen LogP contribution is 2.42. The van der Waals surface area contributed by atoms with Gasteiger partial charge in [0.25, 0.3) is 0 Å². The fourth-order valence-corrected chi connectivity index (χ4v) is 3.24. The van der Waals surface area contributed by atoms with Crippen molar-refractivity contribution in [3.63, 3.8) is 0 Å². The second kappa shape index (κ2) is 6.17. The highest BCUT2D eigenvalue weighted by Gasteiger charge is 2.36. The van der Waals surface area contributed by atoms with Gasteiger partial charge >= 0.3 is 0 Å². The summed E-state index contributed by atoms with van der Waals surface area (Å²) >= 11 is 0. The lowest BCUT2D eigenvalue weighted by Gasteiger charge is -2.39. The Labute approximate surface area is 123 Å². The number of ether oxygens (including phenoxy) is 1. The van der Waals surface area contributed by atoms with E-state index in [-0.39, 0.29) is 6.10 Å². The predicted molar refractivity (Wildman–Crippen MR) is 82.9 cm³/mol. The molecule has 0 amide bonds. The molecule has 2 unspecified atom stereocenters. The van der Waals surface area contributed by atoms with Crippen molar-refractivity contribution in [1.82, 2.24) is 0 Å². The van der Waals surface area contributed by atoms with Crippen molar-refractivity contribution in [2.45, 2.75) is 65.1 Å². The first-order chi connectivity index (χ1) is 9.40. The molecule has 1 aliphatic rings. The van der Waals surface area contributed by atoms with Gasteiger partial charge in [0.2, 0.25) is 0 Å². The SMILES string of the molecule is CC(C)Oc1ccc(C2(O)CCCC(C(C)C)C2)cc1. The molecule has 1 N–H and O–H groups in total. The van der Waals surface area contributed by atoms with Crippen molar-refractivity contribution >= 4 is 0 Å². The third-order valence-electron chi connectivity index (χ3n) is 4.47. The summed E-state index contributed by atoms with van der Waals surface area (Å²) in [5.74, 6) is 2.15. The van der Waals surface area contributed by atoms with Gasteiger partial charge in [-0.1, -0.05) is 26.0 Å². The fourth-order valence-electron chi connectivity index (χ4n) is 3.24. The van der Waals surface area contributed by atoms with Gasteiger partial charge in [-0.3, -0.25) is 0 Å². The van der Waals surface area contributed by atoms with Gasteiger partial charge in [-0.15, -0.1) is 0 Å². The highest BCUT2D eigenvalue weighted by atomic mass is 16.5. The molecule has 0 aliphatic heterocycles. The number of hydrogen-bond acceptors (Lipinski definition) is 2. The van der Waals surface area contributed by atoms with Crippen LogP contribution < -0.4 is 4.74 Å². The molecule has 2 nitrogen and oxygen atoms in total. The summed E-state index contributed by atoms with van der Waals surface area (Å²) in [6.45, 7) is 8.57. The molecule has 0 heterocycles. The Kier molecular flexibility index (Phi) is 4.74. The van der Waals surface area contributed by atoms with Crippen LogP contribution in [-0.2, 0) is 5.60 Å². The Morgan fingerprint density at radius 2 is 1.80 bits per heavy atom. The molecule has 0 spiro atoms. The third-order valence-corrected chi connectivity index (χ3v) is 4.47. The fraction of sp³-hybridized carbons (Fsp3) is 0.667. The van der Waals surface area contributed by atoms with E-state index in [4.69, 9.17) is 4.74 Å². The zero-order chi connectivity index (χ0) is 14.8. The molecule has 0 bridgehead atoms. The van der Waals surface area contributed by atoms with Crippen molar-refractivity contribution in [3.05, 3.63) is 29.8 Å². The van der Waals surface area contributed by atoms with Gasteiger partial charge < -0.3 is 9.84 Å². The molecule has 2 rings (SSSR count). The summed E-state index contributed by atoms with van der Waals surface area (Å²) in [6, 6.07) is 8.01. The molecule has 0 saturated heterocycles. The molecule has 1 saturated carbocycles. The monoisotopic (exact) mass is 276 g/mol. The molecule has 1 aliphatic carbocycles. The van der Waals surface area contributed by atoms with Crippen molar-refractivity contribution in [2.75, 3.05) is 0 Å².